The highest BCUT2D eigenvalue weighted by molar-refractivity contribution is 5.94. The van der Waals surface area contributed by atoms with Crippen LogP contribution in [-0.2, 0) is 19.1 Å². The van der Waals surface area contributed by atoms with Crippen LogP contribution < -0.4 is 10.6 Å². The van der Waals surface area contributed by atoms with E-state index in [1.54, 1.807) is 6.92 Å². The SMILES string of the molecule is CCOC(=O)C1=C(COC(=O)[C@@H]2CC=CCC2)NC(=O)N[C@H]1CC. The molecule has 1 aliphatic heterocycles. The molecule has 7 nitrogen and oxygen atoms in total. The first kappa shape index (κ1) is 18.0. The van der Waals surface area contributed by atoms with Gasteiger partial charge in [0, 0.05) is 0 Å². The number of carbonyl (C=O) groups is 3. The van der Waals surface area contributed by atoms with Crippen molar-refractivity contribution in [2.45, 2.75) is 45.6 Å². The van der Waals surface area contributed by atoms with E-state index in [0.29, 0.717) is 24.1 Å². The lowest BCUT2D eigenvalue weighted by molar-refractivity contribution is -0.148. The molecule has 24 heavy (non-hydrogen) atoms. The van der Waals surface area contributed by atoms with Gasteiger partial charge in [0.1, 0.15) is 6.61 Å². The Morgan fingerprint density at radius 1 is 1.25 bits per heavy atom. The first-order valence-electron chi connectivity index (χ1n) is 8.36. The van der Waals surface area contributed by atoms with Gasteiger partial charge < -0.3 is 20.1 Å². The Labute approximate surface area is 141 Å². The van der Waals surface area contributed by atoms with Crippen molar-refractivity contribution in [2.24, 2.45) is 5.92 Å². The van der Waals surface area contributed by atoms with Crippen molar-refractivity contribution in [3.05, 3.63) is 23.4 Å². The van der Waals surface area contributed by atoms with Crippen LogP contribution in [-0.4, -0.2) is 37.2 Å². The fourth-order valence-electron chi connectivity index (χ4n) is 2.84. The molecule has 0 aromatic rings. The summed E-state index contributed by atoms with van der Waals surface area (Å²) in [6.45, 7) is 3.66. The van der Waals surface area contributed by atoms with Gasteiger partial charge in [0.15, 0.2) is 0 Å². The van der Waals surface area contributed by atoms with Crippen LogP contribution in [0.3, 0.4) is 0 Å². The number of amides is 2. The number of ether oxygens (including phenoxy) is 2. The highest BCUT2D eigenvalue weighted by atomic mass is 16.5. The number of esters is 2. The number of urea groups is 1. The number of hydrogen-bond donors (Lipinski definition) is 2. The summed E-state index contributed by atoms with van der Waals surface area (Å²) in [6.07, 6.45) is 6.82. The Balaban J connectivity index is 2.11. The molecule has 0 spiro atoms. The van der Waals surface area contributed by atoms with Crippen molar-refractivity contribution in [3.8, 4) is 0 Å². The summed E-state index contributed by atoms with van der Waals surface area (Å²) in [5.74, 6) is -0.986. The molecule has 0 aromatic heterocycles. The Kier molecular flexibility index (Phi) is 6.40. The molecule has 2 amide bonds. The lowest BCUT2D eigenvalue weighted by atomic mass is 9.95. The zero-order valence-electron chi connectivity index (χ0n) is 14.1. The minimum atomic E-state index is -0.511. The fourth-order valence-corrected chi connectivity index (χ4v) is 2.84. The third kappa shape index (κ3) is 4.37. The van der Waals surface area contributed by atoms with Crippen molar-refractivity contribution >= 4 is 18.0 Å². The smallest absolute Gasteiger partial charge is 0.338 e. The normalized spacial score (nSPS) is 23.3. The second-order valence-corrected chi connectivity index (χ2v) is 5.76. The van der Waals surface area contributed by atoms with Gasteiger partial charge in [-0.15, -0.1) is 0 Å². The number of hydrogen-bond acceptors (Lipinski definition) is 5. The summed E-state index contributed by atoms with van der Waals surface area (Å²) in [6, 6.07) is -0.870. The van der Waals surface area contributed by atoms with Gasteiger partial charge in [-0.2, -0.15) is 0 Å². The molecule has 2 rings (SSSR count). The predicted molar refractivity (Wildman–Crippen MR) is 86.8 cm³/mol. The standard InChI is InChI=1S/C17H24N2O5/c1-3-12-14(16(21)23-4-2)13(19-17(22)18-12)10-24-15(20)11-8-6-5-7-9-11/h5-6,11-12H,3-4,7-10H2,1-2H3,(H2,18,19,22)/t11-,12+/m1/s1. The first-order chi connectivity index (χ1) is 11.6. The van der Waals surface area contributed by atoms with E-state index in [1.807, 2.05) is 19.1 Å². The van der Waals surface area contributed by atoms with Crippen LogP contribution in [0.4, 0.5) is 4.79 Å². The van der Waals surface area contributed by atoms with Gasteiger partial charge in [-0.3, -0.25) is 4.79 Å². The topological polar surface area (TPSA) is 93.7 Å². The molecule has 1 aliphatic carbocycles. The molecule has 2 aliphatic rings. The highest BCUT2D eigenvalue weighted by Crippen LogP contribution is 2.21. The van der Waals surface area contributed by atoms with E-state index >= 15 is 0 Å². The maximum absolute atomic E-state index is 12.2. The van der Waals surface area contributed by atoms with Crippen LogP contribution in [0.5, 0.6) is 0 Å². The van der Waals surface area contributed by atoms with E-state index < -0.39 is 18.0 Å². The highest BCUT2D eigenvalue weighted by Gasteiger charge is 2.32. The van der Waals surface area contributed by atoms with Crippen molar-refractivity contribution in [1.82, 2.24) is 10.6 Å². The van der Waals surface area contributed by atoms with Gasteiger partial charge in [0.05, 0.1) is 29.8 Å². The van der Waals surface area contributed by atoms with E-state index in [9.17, 15) is 14.4 Å². The monoisotopic (exact) mass is 336 g/mol. The van der Waals surface area contributed by atoms with Gasteiger partial charge in [-0.25, -0.2) is 9.59 Å². The molecule has 0 aromatic carbocycles. The third-order valence-electron chi connectivity index (χ3n) is 4.11. The summed E-state index contributed by atoms with van der Waals surface area (Å²) >= 11 is 0. The maximum atomic E-state index is 12.2. The van der Waals surface area contributed by atoms with Crippen LogP contribution in [0.15, 0.2) is 23.4 Å². The van der Waals surface area contributed by atoms with Crippen molar-refractivity contribution in [3.63, 3.8) is 0 Å². The number of nitrogens with one attached hydrogen (secondary N) is 2. The van der Waals surface area contributed by atoms with Crippen LogP contribution in [0.2, 0.25) is 0 Å². The van der Waals surface area contributed by atoms with Gasteiger partial charge in [-0.1, -0.05) is 19.1 Å². The maximum Gasteiger partial charge on any atom is 0.338 e. The fraction of sp³-hybridized carbons (Fsp3) is 0.588. The first-order valence-corrected chi connectivity index (χ1v) is 8.36. The number of allylic oxidation sites excluding steroid dienone is 2. The molecule has 132 valence electrons. The summed E-state index contributed by atoms with van der Waals surface area (Å²) in [4.78, 5) is 36.1. The van der Waals surface area contributed by atoms with Crippen LogP contribution in [0.25, 0.3) is 0 Å². The molecule has 0 radical (unpaired) electrons. The second-order valence-electron chi connectivity index (χ2n) is 5.76. The molecule has 1 heterocycles. The summed E-state index contributed by atoms with van der Waals surface area (Å²) < 4.78 is 10.4. The molecule has 0 saturated heterocycles. The van der Waals surface area contributed by atoms with Gasteiger partial charge in [-0.05, 0) is 32.6 Å². The Morgan fingerprint density at radius 3 is 2.67 bits per heavy atom. The quantitative estimate of drug-likeness (QED) is 0.570. The van der Waals surface area contributed by atoms with E-state index in [-0.39, 0.29) is 25.1 Å². The molecular formula is C17H24N2O5. The zero-order chi connectivity index (χ0) is 17.5. The summed E-state index contributed by atoms with van der Waals surface area (Å²) in [7, 11) is 0. The molecule has 0 fully saturated rings. The van der Waals surface area contributed by atoms with Gasteiger partial charge >= 0.3 is 18.0 Å². The molecule has 2 atom stereocenters. The lowest BCUT2D eigenvalue weighted by Crippen LogP contribution is -2.51. The van der Waals surface area contributed by atoms with E-state index in [4.69, 9.17) is 9.47 Å². The minimum Gasteiger partial charge on any atom is -0.463 e. The van der Waals surface area contributed by atoms with Gasteiger partial charge in [0.2, 0.25) is 0 Å². The van der Waals surface area contributed by atoms with Crippen LogP contribution >= 0.6 is 0 Å². The molecule has 0 unspecified atom stereocenters. The zero-order valence-corrected chi connectivity index (χ0v) is 14.1. The number of rotatable bonds is 6. The third-order valence-corrected chi connectivity index (χ3v) is 4.11. The average Bonchev–Trinajstić information content (AvgIpc) is 2.59. The predicted octanol–water partition coefficient (Wildman–Crippen LogP) is 1.79. The minimum absolute atomic E-state index is 0.142. The van der Waals surface area contributed by atoms with Crippen molar-refractivity contribution in [2.75, 3.05) is 13.2 Å². The Hall–Kier alpha value is -2.31. The molecule has 2 N–H and O–H groups in total. The molecule has 7 heteroatoms. The Bertz CT molecular complexity index is 567. The molecular weight excluding hydrogens is 312 g/mol. The van der Waals surface area contributed by atoms with Crippen LogP contribution in [0, 0.1) is 5.92 Å². The lowest BCUT2D eigenvalue weighted by Gasteiger charge is -2.28. The van der Waals surface area contributed by atoms with Crippen LogP contribution in [0.1, 0.15) is 39.5 Å². The second kappa shape index (κ2) is 8.52. The average molecular weight is 336 g/mol. The van der Waals surface area contributed by atoms with E-state index in [2.05, 4.69) is 10.6 Å². The largest absolute Gasteiger partial charge is 0.463 e. The van der Waals surface area contributed by atoms with E-state index in [0.717, 1.165) is 12.8 Å². The molecule has 0 bridgehead atoms. The van der Waals surface area contributed by atoms with Crippen molar-refractivity contribution in [1.29, 1.82) is 0 Å². The summed E-state index contributed by atoms with van der Waals surface area (Å²) in [5.41, 5.74) is 0.610. The van der Waals surface area contributed by atoms with Crippen molar-refractivity contribution < 1.29 is 23.9 Å². The van der Waals surface area contributed by atoms with E-state index in [1.165, 1.54) is 0 Å². The van der Waals surface area contributed by atoms with Gasteiger partial charge in [0.25, 0.3) is 0 Å². The number of carbonyl (C=O) groups excluding carboxylic acids is 3. The molecule has 0 saturated carbocycles. The Morgan fingerprint density at radius 2 is 2.04 bits per heavy atom. The summed E-state index contributed by atoms with van der Waals surface area (Å²) in [5, 5.41) is 5.24.